The smallest absolute Gasteiger partial charge is 0.258 e. The summed E-state index contributed by atoms with van der Waals surface area (Å²) in [6, 6.07) is 29.3. The number of likely N-dealkylation sites (tertiary alicyclic amines) is 1. The predicted molar refractivity (Wildman–Crippen MR) is 150 cm³/mol. The van der Waals surface area contributed by atoms with Gasteiger partial charge in [0, 0.05) is 28.7 Å². The number of nitrogens with zero attached hydrogens (tertiary/aromatic N) is 3. The Labute approximate surface area is 229 Å². The molecule has 2 N–H and O–H groups in total. The van der Waals surface area contributed by atoms with Crippen LogP contribution in [0.5, 0.6) is 5.75 Å². The van der Waals surface area contributed by atoms with E-state index in [1.54, 1.807) is 13.0 Å². The maximum atomic E-state index is 11.5. The highest BCUT2D eigenvalue weighted by atomic mass is 35.5. The molecule has 2 heterocycles. The Hall–Kier alpha value is -3.61. The summed E-state index contributed by atoms with van der Waals surface area (Å²) in [5.74, 6) is 0.0115. The number of primary amides is 1. The number of piperidine rings is 1. The summed E-state index contributed by atoms with van der Waals surface area (Å²) < 4.78 is 7.66. The fraction of sp³-hybridized carbons (Fsp3) is 0.290. The van der Waals surface area contributed by atoms with Gasteiger partial charge in [-0.3, -0.25) is 14.4 Å². The molecule has 1 unspecified atom stereocenters. The van der Waals surface area contributed by atoms with E-state index in [9.17, 15) is 4.79 Å². The van der Waals surface area contributed by atoms with Crippen molar-refractivity contribution >= 4 is 17.5 Å². The summed E-state index contributed by atoms with van der Waals surface area (Å²) in [5, 5.41) is 5.36. The Bertz CT molecular complexity index is 1320. The summed E-state index contributed by atoms with van der Waals surface area (Å²) in [6.07, 6.45) is 3.35. The number of hydrogen-bond acceptors (Lipinski definition) is 4. The van der Waals surface area contributed by atoms with E-state index in [0.717, 1.165) is 43.7 Å². The Balaban J connectivity index is 1.26. The van der Waals surface area contributed by atoms with Crippen LogP contribution in [0.3, 0.4) is 0 Å². The van der Waals surface area contributed by atoms with Crippen LogP contribution in [0.25, 0.3) is 0 Å². The van der Waals surface area contributed by atoms with Crippen molar-refractivity contribution in [3.63, 3.8) is 0 Å². The van der Waals surface area contributed by atoms with Crippen LogP contribution in [0.4, 0.5) is 0 Å². The number of rotatable bonds is 9. The van der Waals surface area contributed by atoms with E-state index in [4.69, 9.17) is 27.2 Å². The molecule has 1 fully saturated rings. The van der Waals surface area contributed by atoms with Gasteiger partial charge in [-0.15, -0.1) is 0 Å². The van der Waals surface area contributed by atoms with Crippen LogP contribution in [0, 0.1) is 0 Å². The van der Waals surface area contributed by atoms with Crippen LogP contribution < -0.4 is 10.5 Å². The van der Waals surface area contributed by atoms with Gasteiger partial charge in [-0.05, 0) is 62.2 Å². The highest BCUT2D eigenvalue weighted by Crippen LogP contribution is 2.41. The zero-order valence-electron chi connectivity index (χ0n) is 21.6. The molecular weight excluding hydrogens is 496 g/mol. The van der Waals surface area contributed by atoms with Crippen molar-refractivity contribution in [2.24, 2.45) is 5.73 Å². The van der Waals surface area contributed by atoms with Crippen LogP contribution in [-0.4, -0.2) is 39.8 Å². The van der Waals surface area contributed by atoms with Crippen LogP contribution in [-0.2, 0) is 23.3 Å². The number of carbonyl (C=O) groups excluding carboxylic acids is 1. The van der Waals surface area contributed by atoms with Crippen molar-refractivity contribution in [3.8, 4) is 5.75 Å². The number of halogens is 1. The molecular formula is C31H33ClN4O2. The Kier molecular flexibility index (Phi) is 7.82. The van der Waals surface area contributed by atoms with Gasteiger partial charge in [0.2, 0.25) is 0 Å². The van der Waals surface area contributed by atoms with Crippen molar-refractivity contribution in [2.75, 3.05) is 13.1 Å². The largest absolute Gasteiger partial charge is 0.481 e. The molecule has 0 saturated carbocycles. The number of amides is 1. The van der Waals surface area contributed by atoms with Crippen LogP contribution in [0.1, 0.15) is 42.1 Å². The van der Waals surface area contributed by atoms with Gasteiger partial charge in [0.1, 0.15) is 5.75 Å². The Morgan fingerprint density at radius 2 is 1.61 bits per heavy atom. The number of ether oxygens (including phenoxy) is 1. The van der Waals surface area contributed by atoms with E-state index in [0.29, 0.717) is 17.3 Å². The lowest BCUT2D eigenvalue weighted by atomic mass is 9.68. The van der Waals surface area contributed by atoms with Crippen molar-refractivity contribution in [1.29, 1.82) is 0 Å². The van der Waals surface area contributed by atoms with Gasteiger partial charge >= 0.3 is 0 Å². The van der Waals surface area contributed by atoms with Crippen molar-refractivity contribution in [1.82, 2.24) is 14.7 Å². The van der Waals surface area contributed by atoms with E-state index in [-0.39, 0.29) is 5.41 Å². The molecule has 1 aliphatic heterocycles. The lowest BCUT2D eigenvalue weighted by molar-refractivity contribution is -0.124. The van der Waals surface area contributed by atoms with Gasteiger partial charge in [0.05, 0.1) is 12.2 Å². The molecule has 1 aromatic heterocycles. The third-order valence-corrected chi connectivity index (χ3v) is 7.74. The zero-order valence-corrected chi connectivity index (χ0v) is 22.3. The quantitative estimate of drug-likeness (QED) is 0.315. The van der Waals surface area contributed by atoms with E-state index in [2.05, 4.69) is 71.6 Å². The molecule has 5 rings (SSSR count). The molecule has 1 amide bonds. The maximum absolute atomic E-state index is 11.5. The van der Waals surface area contributed by atoms with E-state index >= 15 is 0 Å². The first kappa shape index (κ1) is 26.0. The minimum Gasteiger partial charge on any atom is -0.481 e. The van der Waals surface area contributed by atoms with Gasteiger partial charge in [-0.2, -0.15) is 5.10 Å². The molecule has 6 nitrogen and oxygen atoms in total. The number of nitrogens with two attached hydrogens (primary N) is 1. The standard InChI is InChI=1S/C31H33ClN4O2/c1-23(30(33)37)38-29-20-27(32)13-12-24(29)21-36-17-14-28(34-36)22-35-18-15-31(16-19-35,25-8-4-2-5-9-25)26-10-6-3-7-11-26/h2-14,17,20,23H,15-16,18-19,21-22H2,1H3,(H2,33,37). The first-order valence-corrected chi connectivity index (χ1v) is 13.4. The topological polar surface area (TPSA) is 73.4 Å². The molecule has 0 aliphatic carbocycles. The molecule has 1 aliphatic rings. The molecule has 38 heavy (non-hydrogen) atoms. The fourth-order valence-corrected chi connectivity index (χ4v) is 5.51. The average molecular weight is 529 g/mol. The molecule has 1 atom stereocenters. The van der Waals surface area contributed by atoms with Crippen LogP contribution in [0.2, 0.25) is 5.02 Å². The first-order chi connectivity index (χ1) is 18.4. The third kappa shape index (κ3) is 5.77. The molecule has 4 aromatic rings. The number of aromatic nitrogens is 2. The Morgan fingerprint density at radius 3 is 2.21 bits per heavy atom. The summed E-state index contributed by atoms with van der Waals surface area (Å²) in [7, 11) is 0. The fourth-order valence-electron chi connectivity index (χ4n) is 5.35. The van der Waals surface area contributed by atoms with E-state index < -0.39 is 12.0 Å². The lowest BCUT2D eigenvalue weighted by Crippen LogP contribution is -2.43. The number of benzene rings is 3. The first-order valence-electron chi connectivity index (χ1n) is 13.0. The zero-order chi connectivity index (χ0) is 26.5. The monoisotopic (exact) mass is 528 g/mol. The molecule has 7 heteroatoms. The minimum absolute atomic E-state index is 0.0331. The highest BCUT2D eigenvalue weighted by Gasteiger charge is 2.37. The molecule has 1 saturated heterocycles. The molecule has 3 aromatic carbocycles. The average Bonchev–Trinajstić information content (AvgIpc) is 3.38. The van der Waals surface area contributed by atoms with Gasteiger partial charge in [-0.25, -0.2) is 0 Å². The molecule has 196 valence electrons. The van der Waals surface area contributed by atoms with Gasteiger partial charge in [-0.1, -0.05) is 78.3 Å². The van der Waals surface area contributed by atoms with Crippen molar-refractivity contribution < 1.29 is 9.53 Å². The van der Waals surface area contributed by atoms with E-state index in [1.165, 1.54) is 11.1 Å². The van der Waals surface area contributed by atoms with Gasteiger partial charge in [0.15, 0.2) is 6.10 Å². The normalized spacial score (nSPS) is 16.2. The maximum Gasteiger partial charge on any atom is 0.258 e. The second kappa shape index (κ2) is 11.4. The SMILES string of the molecule is CC(Oc1cc(Cl)ccc1Cn1ccc(CN2CCC(c3ccccc3)(c3ccccc3)CC2)n1)C(N)=O. The van der Waals surface area contributed by atoms with Gasteiger partial charge < -0.3 is 10.5 Å². The summed E-state index contributed by atoms with van der Waals surface area (Å²) in [4.78, 5) is 14.0. The van der Waals surface area contributed by atoms with E-state index in [1.807, 2.05) is 23.0 Å². The second-order valence-electron chi connectivity index (χ2n) is 10.0. The van der Waals surface area contributed by atoms with Crippen LogP contribution in [0.15, 0.2) is 91.1 Å². The van der Waals surface area contributed by atoms with Crippen LogP contribution >= 0.6 is 11.6 Å². The minimum atomic E-state index is -0.751. The van der Waals surface area contributed by atoms with Gasteiger partial charge in [0.25, 0.3) is 5.91 Å². The predicted octanol–water partition coefficient (Wildman–Crippen LogP) is 5.42. The number of hydrogen-bond donors (Lipinski definition) is 1. The third-order valence-electron chi connectivity index (χ3n) is 7.51. The molecule has 0 radical (unpaired) electrons. The Morgan fingerprint density at radius 1 is 0.974 bits per heavy atom. The summed E-state index contributed by atoms with van der Waals surface area (Å²) >= 11 is 6.17. The molecule has 0 spiro atoms. The number of carbonyl (C=O) groups is 1. The molecule has 0 bridgehead atoms. The lowest BCUT2D eigenvalue weighted by Gasteiger charge is -2.42. The van der Waals surface area contributed by atoms with Crippen molar-refractivity contribution in [3.05, 3.63) is 119 Å². The summed E-state index contributed by atoms with van der Waals surface area (Å²) in [5.41, 5.74) is 10.1. The highest BCUT2D eigenvalue weighted by molar-refractivity contribution is 6.30. The van der Waals surface area contributed by atoms with Crippen molar-refractivity contribution in [2.45, 2.75) is 44.4 Å². The second-order valence-corrected chi connectivity index (χ2v) is 10.4. The summed E-state index contributed by atoms with van der Waals surface area (Å²) in [6.45, 7) is 4.92.